The minimum absolute atomic E-state index is 0.282. The smallest absolute Gasteiger partial charge is 0.0453 e. The fourth-order valence-corrected chi connectivity index (χ4v) is 2.24. The van der Waals surface area contributed by atoms with Crippen molar-refractivity contribution in [3.63, 3.8) is 0 Å². The van der Waals surface area contributed by atoms with Gasteiger partial charge in [-0.3, -0.25) is 4.90 Å². The van der Waals surface area contributed by atoms with Crippen LogP contribution in [0.15, 0.2) is 36.4 Å². The standard InChI is InChI=1S/C16H25ClN2/c1-12(2)18-10-13(3)11-19(5)14(4)15-8-6-7-9-16(15)17/h6-9,12,14,18H,3,10-11H2,1-2,4-5H3. The topological polar surface area (TPSA) is 15.3 Å². The summed E-state index contributed by atoms with van der Waals surface area (Å²) in [5, 5.41) is 4.22. The molecule has 0 fully saturated rings. The molecule has 0 radical (unpaired) electrons. The van der Waals surface area contributed by atoms with E-state index in [2.05, 4.69) is 50.7 Å². The monoisotopic (exact) mass is 280 g/mol. The van der Waals surface area contributed by atoms with E-state index in [1.165, 1.54) is 5.57 Å². The van der Waals surface area contributed by atoms with Crippen LogP contribution in [-0.2, 0) is 0 Å². The van der Waals surface area contributed by atoms with E-state index < -0.39 is 0 Å². The summed E-state index contributed by atoms with van der Waals surface area (Å²) in [6.45, 7) is 12.3. The zero-order valence-electron chi connectivity index (χ0n) is 12.4. The molecule has 0 bridgehead atoms. The summed E-state index contributed by atoms with van der Waals surface area (Å²) in [7, 11) is 2.11. The average Bonchev–Trinajstić information content (AvgIpc) is 2.36. The molecule has 0 saturated heterocycles. The van der Waals surface area contributed by atoms with Gasteiger partial charge >= 0.3 is 0 Å². The molecular weight excluding hydrogens is 256 g/mol. The number of nitrogens with one attached hydrogen (secondary N) is 1. The molecule has 0 amide bonds. The zero-order chi connectivity index (χ0) is 14.4. The molecule has 0 aliphatic carbocycles. The second-order valence-corrected chi connectivity index (χ2v) is 5.81. The van der Waals surface area contributed by atoms with Gasteiger partial charge in [-0.25, -0.2) is 0 Å². The van der Waals surface area contributed by atoms with Gasteiger partial charge in [-0.2, -0.15) is 0 Å². The Labute approximate surface area is 122 Å². The lowest BCUT2D eigenvalue weighted by molar-refractivity contribution is 0.281. The van der Waals surface area contributed by atoms with Crippen LogP contribution in [0.4, 0.5) is 0 Å². The van der Waals surface area contributed by atoms with Gasteiger partial charge < -0.3 is 5.32 Å². The van der Waals surface area contributed by atoms with Crippen LogP contribution < -0.4 is 5.32 Å². The lowest BCUT2D eigenvalue weighted by Gasteiger charge is -2.27. The highest BCUT2D eigenvalue weighted by molar-refractivity contribution is 6.31. The van der Waals surface area contributed by atoms with Crippen molar-refractivity contribution in [2.45, 2.75) is 32.9 Å². The average molecular weight is 281 g/mol. The Kier molecular flexibility index (Phi) is 6.56. The van der Waals surface area contributed by atoms with Crippen molar-refractivity contribution < 1.29 is 0 Å². The van der Waals surface area contributed by atoms with Gasteiger partial charge in [0.25, 0.3) is 0 Å². The van der Waals surface area contributed by atoms with Crippen LogP contribution in [0.3, 0.4) is 0 Å². The largest absolute Gasteiger partial charge is 0.311 e. The van der Waals surface area contributed by atoms with Crippen LogP contribution in [-0.4, -0.2) is 31.1 Å². The number of rotatable bonds is 7. The molecule has 0 aliphatic heterocycles. The van der Waals surface area contributed by atoms with Crippen molar-refractivity contribution in [1.82, 2.24) is 10.2 Å². The molecular formula is C16H25ClN2. The predicted octanol–water partition coefficient (Wildman–Crippen LogP) is 3.89. The highest BCUT2D eigenvalue weighted by Crippen LogP contribution is 2.26. The Hall–Kier alpha value is -0.830. The number of halogens is 1. The first-order chi connectivity index (χ1) is 8.91. The van der Waals surface area contributed by atoms with Crippen LogP contribution >= 0.6 is 11.6 Å². The van der Waals surface area contributed by atoms with E-state index in [-0.39, 0.29) is 6.04 Å². The molecule has 106 valence electrons. The number of hydrogen-bond acceptors (Lipinski definition) is 2. The van der Waals surface area contributed by atoms with Crippen molar-refractivity contribution in [2.24, 2.45) is 0 Å². The predicted molar refractivity (Wildman–Crippen MR) is 84.8 cm³/mol. The van der Waals surface area contributed by atoms with Crippen LogP contribution in [0, 0.1) is 0 Å². The third-order valence-corrected chi connectivity index (χ3v) is 3.59. The maximum atomic E-state index is 6.24. The quantitative estimate of drug-likeness (QED) is 0.763. The second kappa shape index (κ2) is 7.68. The van der Waals surface area contributed by atoms with Crippen molar-refractivity contribution in [2.75, 3.05) is 20.1 Å². The molecule has 2 nitrogen and oxygen atoms in total. The highest BCUT2D eigenvalue weighted by Gasteiger charge is 2.14. The maximum Gasteiger partial charge on any atom is 0.0453 e. The first-order valence-corrected chi connectivity index (χ1v) is 7.14. The van der Waals surface area contributed by atoms with Crippen LogP contribution in [0.25, 0.3) is 0 Å². The van der Waals surface area contributed by atoms with Crippen molar-refractivity contribution in [1.29, 1.82) is 0 Å². The Bertz CT molecular complexity index is 415. The first kappa shape index (κ1) is 16.2. The minimum Gasteiger partial charge on any atom is -0.311 e. The van der Waals surface area contributed by atoms with Crippen molar-refractivity contribution >= 4 is 11.6 Å². The molecule has 0 aliphatic rings. The summed E-state index contributed by atoms with van der Waals surface area (Å²) in [6, 6.07) is 8.78. The van der Waals surface area contributed by atoms with Gasteiger partial charge in [0.2, 0.25) is 0 Å². The van der Waals surface area contributed by atoms with Crippen LogP contribution in [0.1, 0.15) is 32.4 Å². The van der Waals surface area contributed by atoms with E-state index in [1.54, 1.807) is 0 Å². The van der Waals surface area contributed by atoms with Crippen LogP contribution in [0.2, 0.25) is 5.02 Å². The van der Waals surface area contributed by atoms with E-state index in [9.17, 15) is 0 Å². The molecule has 1 rings (SSSR count). The maximum absolute atomic E-state index is 6.24. The fourth-order valence-electron chi connectivity index (χ4n) is 1.95. The molecule has 19 heavy (non-hydrogen) atoms. The van der Waals surface area contributed by atoms with Gasteiger partial charge in [-0.1, -0.05) is 50.2 Å². The molecule has 0 saturated carbocycles. The number of likely N-dealkylation sites (N-methyl/N-ethyl adjacent to an activating group) is 1. The minimum atomic E-state index is 0.282. The summed E-state index contributed by atoms with van der Waals surface area (Å²) in [4.78, 5) is 2.27. The molecule has 1 aromatic rings. The number of benzene rings is 1. The number of hydrogen-bond donors (Lipinski definition) is 1. The summed E-state index contributed by atoms with van der Waals surface area (Å²) in [5.74, 6) is 0. The van der Waals surface area contributed by atoms with Crippen LogP contribution in [0.5, 0.6) is 0 Å². The summed E-state index contributed by atoms with van der Waals surface area (Å²) >= 11 is 6.24. The Morgan fingerprint density at radius 2 is 1.95 bits per heavy atom. The van der Waals surface area contributed by atoms with E-state index in [0.29, 0.717) is 6.04 Å². The molecule has 1 atom stereocenters. The highest BCUT2D eigenvalue weighted by atomic mass is 35.5. The normalized spacial score (nSPS) is 13.0. The Balaban J connectivity index is 2.56. The summed E-state index contributed by atoms with van der Waals surface area (Å²) in [6.07, 6.45) is 0. The van der Waals surface area contributed by atoms with Crippen molar-refractivity contribution in [3.05, 3.63) is 47.0 Å². The first-order valence-electron chi connectivity index (χ1n) is 6.76. The molecule has 3 heteroatoms. The van der Waals surface area contributed by atoms with E-state index >= 15 is 0 Å². The lowest BCUT2D eigenvalue weighted by atomic mass is 10.1. The molecule has 1 N–H and O–H groups in total. The zero-order valence-corrected chi connectivity index (χ0v) is 13.2. The van der Waals surface area contributed by atoms with Gasteiger partial charge in [-0.05, 0) is 31.2 Å². The third kappa shape index (κ3) is 5.35. The Morgan fingerprint density at radius 1 is 1.32 bits per heavy atom. The van der Waals surface area contributed by atoms with Gasteiger partial charge in [0.05, 0.1) is 0 Å². The van der Waals surface area contributed by atoms with E-state index in [4.69, 9.17) is 11.6 Å². The SMILES string of the molecule is C=C(CNC(C)C)CN(C)C(C)c1ccccc1Cl. The fraction of sp³-hybridized carbons (Fsp3) is 0.500. The van der Waals surface area contributed by atoms with Gasteiger partial charge in [-0.15, -0.1) is 0 Å². The molecule has 1 unspecified atom stereocenters. The second-order valence-electron chi connectivity index (χ2n) is 5.40. The molecule has 0 aromatic heterocycles. The third-order valence-electron chi connectivity index (χ3n) is 3.25. The lowest BCUT2D eigenvalue weighted by Crippen LogP contribution is -2.31. The van der Waals surface area contributed by atoms with Gasteiger partial charge in [0.15, 0.2) is 0 Å². The number of nitrogens with zero attached hydrogens (tertiary/aromatic N) is 1. The summed E-state index contributed by atoms with van der Waals surface area (Å²) in [5.41, 5.74) is 2.35. The Morgan fingerprint density at radius 3 is 2.53 bits per heavy atom. The summed E-state index contributed by atoms with van der Waals surface area (Å²) < 4.78 is 0. The van der Waals surface area contributed by atoms with Gasteiger partial charge in [0.1, 0.15) is 0 Å². The van der Waals surface area contributed by atoms with E-state index in [1.807, 2.05) is 18.2 Å². The van der Waals surface area contributed by atoms with E-state index in [0.717, 1.165) is 23.7 Å². The van der Waals surface area contributed by atoms with Crippen molar-refractivity contribution in [3.8, 4) is 0 Å². The molecule has 0 heterocycles. The molecule has 1 aromatic carbocycles. The molecule has 0 spiro atoms. The van der Waals surface area contributed by atoms with Gasteiger partial charge in [0, 0.05) is 30.2 Å².